The molecule has 0 aliphatic rings. The third-order valence-corrected chi connectivity index (χ3v) is 5.91. The number of hydrogen-bond donors (Lipinski definition) is 1. The molecule has 0 amide bonds. The Kier molecular flexibility index (Phi) is 6.14. The van der Waals surface area contributed by atoms with E-state index in [2.05, 4.69) is 4.72 Å². The van der Waals surface area contributed by atoms with Gasteiger partial charge in [-0.2, -0.15) is 4.72 Å². The summed E-state index contributed by atoms with van der Waals surface area (Å²) in [6.45, 7) is 1.89. The van der Waals surface area contributed by atoms with Gasteiger partial charge in [0, 0.05) is 12.1 Å². The second kappa shape index (κ2) is 8.59. The molecule has 3 rings (SSSR count). The van der Waals surface area contributed by atoms with Crippen LogP contribution in [0.4, 0.5) is 0 Å². The number of methoxy groups -OCH3 is 3. The third-order valence-electron chi connectivity index (χ3n) is 4.47. The number of ether oxygens (including phenoxy) is 3. The predicted octanol–water partition coefficient (Wildman–Crippen LogP) is 3.68. The fourth-order valence-electron chi connectivity index (χ4n) is 2.97. The van der Waals surface area contributed by atoms with Crippen molar-refractivity contribution < 1.29 is 27.0 Å². The Bertz CT molecular complexity index is 1030. The van der Waals surface area contributed by atoms with E-state index in [1.54, 1.807) is 48.5 Å². The SMILES string of the molecule is COc1cc(OC)c(C(NS(=O)(=O)c2ccc(C)cc2)c2ccco2)c(OC)c1. The van der Waals surface area contributed by atoms with Gasteiger partial charge in [-0.25, -0.2) is 8.42 Å². The molecule has 3 aromatic rings. The molecule has 0 bridgehead atoms. The average Bonchev–Trinajstić information content (AvgIpc) is 3.26. The fourth-order valence-corrected chi connectivity index (χ4v) is 4.15. The summed E-state index contributed by atoms with van der Waals surface area (Å²) >= 11 is 0. The lowest BCUT2D eigenvalue weighted by atomic mass is 10.0. The van der Waals surface area contributed by atoms with Crippen molar-refractivity contribution in [2.24, 2.45) is 0 Å². The van der Waals surface area contributed by atoms with E-state index in [1.165, 1.54) is 27.6 Å². The minimum atomic E-state index is -3.87. The number of rotatable bonds is 8. The monoisotopic (exact) mass is 417 g/mol. The van der Waals surface area contributed by atoms with Crippen molar-refractivity contribution in [3.8, 4) is 17.2 Å². The smallest absolute Gasteiger partial charge is 0.241 e. The van der Waals surface area contributed by atoms with Gasteiger partial charge in [0.1, 0.15) is 29.1 Å². The Balaban J connectivity index is 2.14. The van der Waals surface area contributed by atoms with Crippen LogP contribution in [0.5, 0.6) is 17.2 Å². The maximum atomic E-state index is 13.1. The number of furan rings is 1. The summed E-state index contributed by atoms with van der Waals surface area (Å²) in [5.74, 6) is 1.70. The Morgan fingerprint density at radius 2 is 1.55 bits per heavy atom. The van der Waals surface area contributed by atoms with Gasteiger partial charge in [0.05, 0.1) is 38.1 Å². The van der Waals surface area contributed by atoms with E-state index < -0.39 is 16.1 Å². The van der Waals surface area contributed by atoms with Crippen molar-refractivity contribution in [1.82, 2.24) is 4.72 Å². The minimum absolute atomic E-state index is 0.145. The van der Waals surface area contributed by atoms with Crippen LogP contribution < -0.4 is 18.9 Å². The highest BCUT2D eigenvalue weighted by atomic mass is 32.2. The van der Waals surface area contributed by atoms with Crippen molar-refractivity contribution in [2.75, 3.05) is 21.3 Å². The standard InChI is InChI=1S/C21H23NO6S/c1-14-7-9-16(10-8-14)29(23,24)22-21(17-6-5-11-28-17)20-18(26-3)12-15(25-2)13-19(20)27-4/h5-13,21-22H,1-4H3. The predicted molar refractivity (Wildman–Crippen MR) is 108 cm³/mol. The van der Waals surface area contributed by atoms with E-state index in [4.69, 9.17) is 18.6 Å². The van der Waals surface area contributed by atoms with Crippen LogP contribution in [0.1, 0.15) is 22.9 Å². The summed E-state index contributed by atoms with van der Waals surface area (Å²) in [5.41, 5.74) is 1.44. The van der Waals surface area contributed by atoms with Gasteiger partial charge in [-0.3, -0.25) is 0 Å². The van der Waals surface area contributed by atoms with E-state index >= 15 is 0 Å². The molecule has 0 aliphatic carbocycles. The summed E-state index contributed by atoms with van der Waals surface area (Å²) in [6, 6.07) is 12.4. The first-order valence-electron chi connectivity index (χ1n) is 8.82. The molecular weight excluding hydrogens is 394 g/mol. The van der Waals surface area contributed by atoms with Crippen molar-refractivity contribution in [2.45, 2.75) is 17.9 Å². The lowest BCUT2D eigenvalue weighted by Gasteiger charge is -2.22. The molecule has 1 aromatic heterocycles. The van der Waals surface area contributed by atoms with Crippen molar-refractivity contribution in [3.63, 3.8) is 0 Å². The first-order valence-corrected chi connectivity index (χ1v) is 10.3. The first kappa shape index (κ1) is 20.8. The molecule has 154 valence electrons. The molecule has 1 unspecified atom stereocenters. The lowest BCUT2D eigenvalue weighted by molar-refractivity contribution is 0.360. The zero-order valence-corrected chi connectivity index (χ0v) is 17.4. The number of hydrogen-bond acceptors (Lipinski definition) is 6. The Hall–Kier alpha value is -2.97. The summed E-state index contributed by atoms with van der Waals surface area (Å²) in [6.07, 6.45) is 1.48. The zero-order chi connectivity index (χ0) is 21.0. The molecule has 1 heterocycles. The van der Waals surface area contributed by atoms with Gasteiger partial charge in [-0.15, -0.1) is 0 Å². The highest BCUT2D eigenvalue weighted by molar-refractivity contribution is 7.89. The van der Waals surface area contributed by atoms with Gasteiger partial charge in [0.2, 0.25) is 10.0 Å². The molecule has 0 aliphatic heterocycles. The van der Waals surface area contributed by atoms with E-state index in [1.807, 2.05) is 6.92 Å². The van der Waals surface area contributed by atoms with Crippen LogP contribution in [-0.2, 0) is 10.0 Å². The summed E-state index contributed by atoms with van der Waals surface area (Å²) < 4.78 is 50.7. The van der Waals surface area contributed by atoms with Gasteiger partial charge in [0.25, 0.3) is 0 Å². The highest BCUT2D eigenvalue weighted by Crippen LogP contribution is 2.41. The summed E-state index contributed by atoms with van der Waals surface area (Å²) in [4.78, 5) is 0.145. The highest BCUT2D eigenvalue weighted by Gasteiger charge is 2.30. The van der Waals surface area contributed by atoms with Crippen LogP contribution in [0, 0.1) is 6.92 Å². The molecule has 0 spiro atoms. The number of aryl methyl sites for hydroxylation is 1. The summed E-state index contributed by atoms with van der Waals surface area (Å²) in [5, 5.41) is 0. The molecule has 0 saturated heterocycles. The third kappa shape index (κ3) is 4.38. The van der Waals surface area contributed by atoms with Crippen LogP contribution in [0.3, 0.4) is 0 Å². The van der Waals surface area contributed by atoms with E-state index in [-0.39, 0.29) is 4.90 Å². The molecule has 1 atom stereocenters. The van der Waals surface area contributed by atoms with Gasteiger partial charge in [-0.1, -0.05) is 17.7 Å². The molecule has 0 radical (unpaired) electrons. The van der Waals surface area contributed by atoms with E-state index in [0.717, 1.165) is 5.56 Å². The minimum Gasteiger partial charge on any atom is -0.496 e. The molecule has 0 fully saturated rings. The molecule has 29 heavy (non-hydrogen) atoms. The number of nitrogens with one attached hydrogen (secondary N) is 1. The lowest BCUT2D eigenvalue weighted by Crippen LogP contribution is -2.30. The van der Waals surface area contributed by atoms with Gasteiger partial charge in [-0.05, 0) is 31.2 Å². The largest absolute Gasteiger partial charge is 0.496 e. The number of benzene rings is 2. The maximum absolute atomic E-state index is 13.1. The van der Waals surface area contributed by atoms with Crippen LogP contribution in [0.25, 0.3) is 0 Å². The van der Waals surface area contributed by atoms with Crippen LogP contribution in [-0.4, -0.2) is 29.7 Å². The van der Waals surface area contributed by atoms with E-state index in [0.29, 0.717) is 28.6 Å². The Labute approximate surface area is 170 Å². The average molecular weight is 417 g/mol. The second-order valence-corrected chi connectivity index (χ2v) is 8.04. The molecule has 8 heteroatoms. The van der Waals surface area contributed by atoms with E-state index in [9.17, 15) is 8.42 Å². The van der Waals surface area contributed by atoms with Crippen LogP contribution in [0.2, 0.25) is 0 Å². The summed E-state index contributed by atoms with van der Waals surface area (Å²) in [7, 11) is 0.640. The quantitative estimate of drug-likeness (QED) is 0.602. The fraction of sp³-hybridized carbons (Fsp3) is 0.238. The van der Waals surface area contributed by atoms with Gasteiger partial charge in [0.15, 0.2) is 0 Å². The Morgan fingerprint density at radius 1 is 0.931 bits per heavy atom. The Morgan fingerprint density at radius 3 is 2.03 bits per heavy atom. The van der Waals surface area contributed by atoms with Gasteiger partial charge < -0.3 is 18.6 Å². The zero-order valence-electron chi connectivity index (χ0n) is 16.6. The molecule has 2 aromatic carbocycles. The van der Waals surface area contributed by atoms with Crippen molar-refractivity contribution >= 4 is 10.0 Å². The van der Waals surface area contributed by atoms with Crippen molar-refractivity contribution in [3.05, 3.63) is 71.7 Å². The molecule has 0 saturated carbocycles. The normalized spacial score (nSPS) is 12.4. The number of sulfonamides is 1. The topological polar surface area (TPSA) is 87.0 Å². The molecular formula is C21H23NO6S. The van der Waals surface area contributed by atoms with Crippen molar-refractivity contribution in [1.29, 1.82) is 0 Å². The van der Waals surface area contributed by atoms with Gasteiger partial charge >= 0.3 is 0 Å². The molecule has 7 nitrogen and oxygen atoms in total. The second-order valence-electron chi connectivity index (χ2n) is 6.33. The van der Waals surface area contributed by atoms with Crippen LogP contribution in [0.15, 0.2) is 64.1 Å². The first-order chi connectivity index (χ1) is 13.9. The maximum Gasteiger partial charge on any atom is 0.241 e. The molecule has 1 N–H and O–H groups in total. The van der Waals surface area contributed by atoms with Crippen LogP contribution >= 0.6 is 0 Å².